The second kappa shape index (κ2) is 26.6. The fourth-order valence-electron chi connectivity index (χ4n) is 18.0. The van der Waals surface area contributed by atoms with Gasteiger partial charge in [0.1, 0.15) is 0 Å². The van der Waals surface area contributed by atoms with Gasteiger partial charge in [-0.2, -0.15) is 0 Å². The SMILES string of the molecule is CC(C)c1ccc(-c2cc3c4c(c2)N(c2c(-c5ccccc5)cccc2-c2ccccc2)c2cc(-n5c6ccc(C(C)(C)C)cc6c6cc(C(C)(C)C)ccc65)ccc2B4c2ccc(-n4c5ccc(C(C)(C)C)cc5c5cc(C(C)(C)C)ccc54)cc2N3c2c(-c3ccccc3)cccc2-c2ccccc2)c(C(C)C)c1. The summed E-state index contributed by atoms with van der Waals surface area (Å²) in [6.45, 7) is 37.2. The summed E-state index contributed by atoms with van der Waals surface area (Å²) >= 11 is 0. The van der Waals surface area contributed by atoms with Gasteiger partial charge in [0.25, 0.3) is 6.71 Å². The smallest absolute Gasteiger partial charge is 0.252 e. The average molecular weight is 1440 g/mol. The fraction of sp³-hybridized carbons (Fsp3) is 0.208. The highest BCUT2D eigenvalue weighted by molar-refractivity contribution is 7.00. The molecule has 0 fully saturated rings. The molecular weight excluding hydrogens is 1340 g/mol. The van der Waals surface area contributed by atoms with Crippen LogP contribution in [0.5, 0.6) is 0 Å². The third-order valence-electron chi connectivity index (χ3n) is 24.1. The van der Waals surface area contributed by atoms with Crippen LogP contribution in [0.2, 0.25) is 0 Å². The van der Waals surface area contributed by atoms with Crippen LogP contribution in [-0.4, -0.2) is 15.8 Å². The molecule has 4 nitrogen and oxygen atoms in total. The zero-order chi connectivity index (χ0) is 76.9. The van der Waals surface area contributed by atoms with E-state index in [0.29, 0.717) is 5.92 Å². The minimum absolute atomic E-state index is 0.0637. The first kappa shape index (κ1) is 71.0. The third-order valence-corrected chi connectivity index (χ3v) is 24.1. The molecule has 14 aromatic carbocycles. The summed E-state index contributed by atoms with van der Waals surface area (Å²) in [6, 6.07) is 115. The molecule has 0 amide bonds. The van der Waals surface area contributed by atoms with Crippen LogP contribution in [0.3, 0.4) is 0 Å². The van der Waals surface area contributed by atoms with Gasteiger partial charge >= 0.3 is 0 Å². The summed E-state index contributed by atoms with van der Waals surface area (Å²) in [5.41, 5.74) is 36.6. The summed E-state index contributed by atoms with van der Waals surface area (Å²) in [4.78, 5) is 5.47. The Labute approximate surface area is 657 Å². The van der Waals surface area contributed by atoms with Gasteiger partial charge in [0.15, 0.2) is 0 Å². The van der Waals surface area contributed by atoms with Gasteiger partial charge in [-0.3, -0.25) is 0 Å². The van der Waals surface area contributed by atoms with Crippen molar-refractivity contribution < 1.29 is 0 Å². The van der Waals surface area contributed by atoms with E-state index in [1.54, 1.807) is 0 Å². The lowest BCUT2D eigenvalue weighted by molar-refractivity contribution is 0.590. The maximum atomic E-state index is 2.73. The van der Waals surface area contributed by atoms with Crippen LogP contribution in [0.4, 0.5) is 34.1 Å². The van der Waals surface area contributed by atoms with Crippen LogP contribution in [0.1, 0.15) is 156 Å². The monoisotopic (exact) mass is 1440 g/mol. The molecule has 2 aromatic heterocycles. The second-order valence-electron chi connectivity index (χ2n) is 36.1. The predicted octanol–water partition coefficient (Wildman–Crippen LogP) is 27.7. The number of hydrogen-bond donors (Lipinski definition) is 0. The van der Waals surface area contributed by atoms with E-state index in [1.165, 1.54) is 98.9 Å². The fourth-order valence-corrected chi connectivity index (χ4v) is 18.0. The van der Waals surface area contributed by atoms with E-state index < -0.39 is 0 Å². The van der Waals surface area contributed by atoms with Crippen LogP contribution in [0, 0.1) is 0 Å². The summed E-state index contributed by atoms with van der Waals surface area (Å²) in [6.07, 6.45) is 0. The molecule has 0 bridgehead atoms. The Hall–Kier alpha value is -11.7. The lowest BCUT2D eigenvalue weighted by atomic mass is 9.33. The minimum Gasteiger partial charge on any atom is -0.310 e. The quantitative estimate of drug-likeness (QED) is 0.120. The van der Waals surface area contributed by atoms with Gasteiger partial charge in [0, 0.05) is 77.9 Å². The topological polar surface area (TPSA) is 16.3 Å². The number of aromatic nitrogens is 2. The van der Waals surface area contributed by atoms with Crippen molar-refractivity contribution in [2.75, 3.05) is 9.80 Å². The van der Waals surface area contributed by atoms with Gasteiger partial charge in [-0.25, -0.2) is 0 Å². The van der Waals surface area contributed by atoms with Crippen LogP contribution in [0.15, 0.2) is 297 Å². The number of rotatable bonds is 11. The number of fused-ring (bicyclic) bond motifs is 10. The molecule has 2 aliphatic rings. The molecule has 0 saturated heterocycles. The van der Waals surface area contributed by atoms with Crippen LogP contribution < -0.4 is 26.2 Å². The van der Waals surface area contributed by atoms with E-state index in [9.17, 15) is 0 Å². The molecular formula is C106H99BN4. The third kappa shape index (κ3) is 12.0. The zero-order valence-corrected chi connectivity index (χ0v) is 67.3. The van der Waals surface area contributed by atoms with Crippen molar-refractivity contribution in [2.24, 2.45) is 0 Å². The first-order chi connectivity index (χ1) is 53.3. The van der Waals surface area contributed by atoms with Crippen molar-refractivity contribution in [3.8, 4) is 67.0 Å². The summed E-state index contributed by atoms with van der Waals surface area (Å²) in [5.74, 6) is 0.548. The average Bonchev–Trinajstić information content (AvgIpc) is 0.930. The molecule has 18 rings (SSSR count). The molecule has 0 aliphatic carbocycles. The molecule has 16 aromatic rings. The Balaban J connectivity index is 1.03. The minimum atomic E-state index is -0.269. The first-order valence-electron chi connectivity index (χ1n) is 40.1. The molecule has 5 heteroatoms. The van der Waals surface area contributed by atoms with E-state index >= 15 is 0 Å². The Morgan fingerprint density at radius 3 is 0.883 bits per heavy atom. The van der Waals surface area contributed by atoms with Gasteiger partial charge in [0.05, 0.1) is 33.4 Å². The maximum absolute atomic E-state index is 2.73. The van der Waals surface area contributed by atoms with E-state index in [4.69, 9.17) is 0 Å². The van der Waals surface area contributed by atoms with E-state index in [0.717, 1.165) is 95.6 Å². The maximum Gasteiger partial charge on any atom is 0.252 e. The van der Waals surface area contributed by atoms with Gasteiger partial charge in [0.2, 0.25) is 0 Å². The molecule has 0 saturated carbocycles. The second-order valence-corrected chi connectivity index (χ2v) is 36.1. The highest BCUT2D eigenvalue weighted by atomic mass is 15.2. The molecule has 0 N–H and O–H groups in total. The molecule has 0 radical (unpaired) electrons. The molecule has 111 heavy (non-hydrogen) atoms. The normalized spacial score (nSPS) is 13.2. The summed E-state index contributed by atoms with van der Waals surface area (Å²) in [5, 5.41) is 5.05. The predicted molar refractivity (Wildman–Crippen MR) is 479 cm³/mol. The van der Waals surface area contributed by atoms with Crippen molar-refractivity contribution in [2.45, 2.75) is 144 Å². The Morgan fingerprint density at radius 2 is 0.586 bits per heavy atom. The summed E-state index contributed by atoms with van der Waals surface area (Å²) in [7, 11) is 0. The van der Waals surface area contributed by atoms with Gasteiger partial charge < -0.3 is 18.9 Å². The number of anilines is 6. The van der Waals surface area contributed by atoms with Crippen LogP contribution in [-0.2, 0) is 21.7 Å². The van der Waals surface area contributed by atoms with Gasteiger partial charge in [-0.05, 0) is 202 Å². The zero-order valence-electron chi connectivity index (χ0n) is 67.3. The van der Waals surface area contributed by atoms with Crippen LogP contribution >= 0.6 is 0 Å². The van der Waals surface area contributed by atoms with Gasteiger partial charge in [-0.1, -0.05) is 323 Å². The molecule has 546 valence electrons. The highest BCUT2D eigenvalue weighted by Crippen LogP contribution is 2.55. The van der Waals surface area contributed by atoms with Crippen molar-refractivity contribution in [1.29, 1.82) is 0 Å². The Bertz CT molecular complexity index is 5750. The largest absolute Gasteiger partial charge is 0.310 e. The first-order valence-corrected chi connectivity index (χ1v) is 40.1. The molecule has 0 spiro atoms. The number of benzene rings is 14. The van der Waals surface area contributed by atoms with E-state index in [-0.39, 0.29) is 34.3 Å². The number of hydrogen-bond acceptors (Lipinski definition) is 2. The van der Waals surface area contributed by atoms with E-state index in [1.807, 2.05) is 0 Å². The standard InChI is InChI=1S/C106H99BN4/c1-66(2)72-43-50-80(85(57-72)67(3)4)73-58-98-100-99(59-73)111(102-83(70-35-25-19-26-36-70)41-30-42-84(102)71-37-27-20-28-38-71)97-65-79(109-94-55-46-76(105(11,12)13)62-88(94)89-63-77(106(14,15)16)47-56-95(89)109)49-52-91(97)107(100)90-51-48-78(108-92-53-44-74(103(5,6)7)60-86(92)87-61-75(104(8,9)10)45-54-93(87)108)64-96(90)110(98)101-81(68-31-21-17-22-32-68)39-29-40-82(101)69-33-23-18-24-34-69/h17-67H,1-16H3. The van der Waals surface area contributed by atoms with E-state index in [2.05, 4.69) is 427 Å². The van der Waals surface area contributed by atoms with Gasteiger partial charge in [-0.15, -0.1) is 0 Å². The number of para-hydroxylation sites is 2. The van der Waals surface area contributed by atoms with Crippen molar-refractivity contribution in [3.05, 3.63) is 331 Å². The number of nitrogens with zero attached hydrogens (tertiary/aromatic N) is 4. The molecule has 2 aliphatic heterocycles. The highest BCUT2D eigenvalue weighted by Gasteiger charge is 2.46. The lowest BCUT2D eigenvalue weighted by Gasteiger charge is -2.46. The molecule has 0 unspecified atom stereocenters. The Kier molecular flexibility index (Phi) is 17.0. The molecule has 0 atom stereocenters. The summed E-state index contributed by atoms with van der Waals surface area (Å²) < 4.78 is 5.14. The van der Waals surface area contributed by atoms with Crippen LogP contribution in [0.25, 0.3) is 111 Å². The Morgan fingerprint density at radius 1 is 0.261 bits per heavy atom. The van der Waals surface area contributed by atoms with Crippen molar-refractivity contribution >= 4 is 101 Å². The van der Waals surface area contributed by atoms with Crippen molar-refractivity contribution in [1.82, 2.24) is 9.13 Å². The van der Waals surface area contributed by atoms with Crippen molar-refractivity contribution in [3.63, 3.8) is 0 Å². The lowest BCUT2D eigenvalue weighted by Crippen LogP contribution is -2.61. The molecule has 4 heterocycles.